The minimum atomic E-state index is -0.174. The summed E-state index contributed by atoms with van der Waals surface area (Å²) < 4.78 is 0. The Kier molecular flexibility index (Phi) is 4.25. The van der Waals surface area contributed by atoms with Crippen LogP contribution in [-0.2, 0) is 6.42 Å². The molecule has 1 saturated carbocycles. The molecule has 1 aromatic rings. The molecule has 18 heavy (non-hydrogen) atoms. The first-order valence-electron chi connectivity index (χ1n) is 6.64. The van der Waals surface area contributed by atoms with Gasteiger partial charge in [-0.2, -0.15) is 0 Å². The van der Waals surface area contributed by atoms with Gasteiger partial charge in [0.2, 0.25) is 0 Å². The fraction of sp³-hybridized carbons (Fsp3) is 0.600. The molecule has 0 aliphatic heterocycles. The van der Waals surface area contributed by atoms with Crippen molar-refractivity contribution in [1.82, 2.24) is 0 Å². The smallest absolute Gasteiger partial charge is 0.0453 e. The molecular formula is C15H21Cl2N. The summed E-state index contributed by atoms with van der Waals surface area (Å²) in [7, 11) is 0. The lowest BCUT2D eigenvalue weighted by Crippen LogP contribution is -2.51. The molecule has 0 radical (unpaired) electrons. The van der Waals surface area contributed by atoms with Crippen LogP contribution in [0, 0.1) is 11.8 Å². The summed E-state index contributed by atoms with van der Waals surface area (Å²) in [5.74, 6) is 1.20. The Labute approximate surface area is 120 Å². The van der Waals surface area contributed by atoms with Gasteiger partial charge in [-0.25, -0.2) is 0 Å². The highest BCUT2D eigenvalue weighted by molar-refractivity contribution is 6.36. The molecule has 0 spiro atoms. The van der Waals surface area contributed by atoms with E-state index in [0.717, 1.165) is 28.5 Å². The van der Waals surface area contributed by atoms with Crippen LogP contribution in [0.1, 0.15) is 38.7 Å². The van der Waals surface area contributed by atoms with Crippen molar-refractivity contribution in [2.45, 2.75) is 45.1 Å². The Morgan fingerprint density at radius 3 is 2.44 bits per heavy atom. The van der Waals surface area contributed by atoms with Crippen molar-refractivity contribution in [1.29, 1.82) is 0 Å². The van der Waals surface area contributed by atoms with Crippen LogP contribution < -0.4 is 5.73 Å². The van der Waals surface area contributed by atoms with Gasteiger partial charge in [-0.3, -0.25) is 0 Å². The van der Waals surface area contributed by atoms with Crippen molar-refractivity contribution >= 4 is 23.2 Å². The van der Waals surface area contributed by atoms with Gasteiger partial charge in [0.1, 0.15) is 0 Å². The molecular weight excluding hydrogens is 265 g/mol. The standard InChI is InChI=1S/C15H21Cl2N/c1-10-6-7-11(2)15(18,8-10)9-12-13(16)4-3-5-14(12)17/h3-5,10-11H,6-9,18H2,1-2H3. The molecule has 3 atom stereocenters. The average molecular weight is 286 g/mol. The summed E-state index contributed by atoms with van der Waals surface area (Å²) in [6.45, 7) is 4.53. The van der Waals surface area contributed by atoms with E-state index in [9.17, 15) is 0 Å². The van der Waals surface area contributed by atoms with Crippen LogP contribution >= 0.6 is 23.2 Å². The third kappa shape index (κ3) is 2.84. The summed E-state index contributed by atoms with van der Waals surface area (Å²) in [4.78, 5) is 0. The molecule has 0 bridgehead atoms. The molecule has 1 nitrogen and oxygen atoms in total. The first kappa shape index (κ1) is 14.2. The largest absolute Gasteiger partial charge is 0.325 e. The van der Waals surface area contributed by atoms with Crippen LogP contribution in [0.5, 0.6) is 0 Å². The number of hydrogen-bond donors (Lipinski definition) is 1. The predicted molar refractivity (Wildman–Crippen MR) is 79.3 cm³/mol. The Morgan fingerprint density at radius 2 is 1.83 bits per heavy atom. The van der Waals surface area contributed by atoms with Crippen molar-refractivity contribution in [3.05, 3.63) is 33.8 Å². The molecule has 100 valence electrons. The van der Waals surface area contributed by atoms with Crippen LogP contribution in [0.15, 0.2) is 18.2 Å². The molecule has 1 aromatic carbocycles. The Morgan fingerprint density at radius 1 is 1.22 bits per heavy atom. The normalized spacial score (nSPS) is 32.5. The average Bonchev–Trinajstić information content (AvgIpc) is 2.30. The van der Waals surface area contributed by atoms with Gasteiger partial charge in [0, 0.05) is 15.6 Å². The Hall–Kier alpha value is -0.240. The van der Waals surface area contributed by atoms with E-state index in [2.05, 4.69) is 13.8 Å². The first-order valence-corrected chi connectivity index (χ1v) is 7.40. The maximum absolute atomic E-state index is 6.65. The molecule has 2 rings (SSSR count). The second-order valence-corrected chi connectivity index (χ2v) is 6.71. The van der Waals surface area contributed by atoms with Gasteiger partial charge in [-0.1, -0.05) is 49.5 Å². The van der Waals surface area contributed by atoms with Crippen LogP contribution in [0.3, 0.4) is 0 Å². The third-order valence-corrected chi connectivity index (χ3v) is 5.08. The van der Waals surface area contributed by atoms with E-state index in [1.165, 1.54) is 12.8 Å². The summed E-state index contributed by atoms with van der Waals surface area (Å²) in [6.07, 6.45) is 4.29. The number of nitrogens with two attached hydrogens (primary N) is 1. The maximum Gasteiger partial charge on any atom is 0.0453 e. The lowest BCUT2D eigenvalue weighted by Gasteiger charge is -2.42. The van der Waals surface area contributed by atoms with Gasteiger partial charge in [0.15, 0.2) is 0 Å². The van der Waals surface area contributed by atoms with Crippen molar-refractivity contribution in [2.75, 3.05) is 0 Å². The Bertz CT molecular complexity index is 412. The number of rotatable bonds is 2. The lowest BCUT2D eigenvalue weighted by molar-refractivity contribution is 0.161. The number of benzene rings is 1. The SMILES string of the molecule is CC1CCC(C)C(N)(Cc2c(Cl)cccc2Cl)C1. The zero-order valence-corrected chi connectivity index (χ0v) is 12.6. The predicted octanol–water partition coefficient (Wildman–Crippen LogP) is 4.69. The molecule has 0 saturated heterocycles. The van der Waals surface area contributed by atoms with E-state index in [1.54, 1.807) is 0 Å². The molecule has 2 N–H and O–H groups in total. The molecule has 0 aromatic heterocycles. The molecule has 1 aliphatic rings. The highest BCUT2D eigenvalue weighted by Gasteiger charge is 2.37. The molecule has 1 fully saturated rings. The van der Waals surface area contributed by atoms with E-state index in [1.807, 2.05) is 18.2 Å². The first-order chi connectivity index (χ1) is 8.42. The second kappa shape index (κ2) is 5.40. The van der Waals surface area contributed by atoms with E-state index in [-0.39, 0.29) is 5.54 Å². The molecule has 1 aliphatic carbocycles. The van der Waals surface area contributed by atoms with Crippen LogP contribution in [0.4, 0.5) is 0 Å². The van der Waals surface area contributed by atoms with Gasteiger partial charge in [-0.15, -0.1) is 0 Å². The van der Waals surface area contributed by atoms with Crippen LogP contribution in [0.25, 0.3) is 0 Å². The van der Waals surface area contributed by atoms with Crippen molar-refractivity contribution < 1.29 is 0 Å². The highest BCUT2D eigenvalue weighted by atomic mass is 35.5. The van der Waals surface area contributed by atoms with Gasteiger partial charge in [-0.05, 0) is 48.8 Å². The maximum atomic E-state index is 6.65. The molecule has 0 amide bonds. The minimum absolute atomic E-state index is 0.174. The third-order valence-electron chi connectivity index (χ3n) is 4.37. The minimum Gasteiger partial charge on any atom is -0.325 e. The highest BCUT2D eigenvalue weighted by Crippen LogP contribution is 2.39. The number of halogens is 2. The topological polar surface area (TPSA) is 26.0 Å². The zero-order chi connectivity index (χ0) is 13.3. The van der Waals surface area contributed by atoms with Gasteiger partial charge in [0.05, 0.1) is 0 Å². The summed E-state index contributed by atoms with van der Waals surface area (Å²) in [5.41, 5.74) is 7.48. The second-order valence-electron chi connectivity index (χ2n) is 5.90. The Balaban J connectivity index is 2.26. The van der Waals surface area contributed by atoms with E-state index >= 15 is 0 Å². The van der Waals surface area contributed by atoms with Crippen LogP contribution in [0.2, 0.25) is 10.0 Å². The van der Waals surface area contributed by atoms with Crippen molar-refractivity contribution in [2.24, 2.45) is 17.6 Å². The van der Waals surface area contributed by atoms with Crippen LogP contribution in [-0.4, -0.2) is 5.54 Å². The van der Waals surface area contributed by atoms with Gasteiger partial charge < -0.3 is 5.73 Å². The summed E-state index contributed by atoms with van der Waals surface area (Å²) in [6, 6.07) is 5.66. The van der Waals surface area contributed by atoms with E-state index in [0.29, 0.717) is 11.8 Å². The molecule has 3 heteroatoms. The summed E-state index contributed by atoms with van der Waals surface area (Å²) in [5, 5.41) is 1.47. The monoisotopic (exact) mass is 285 g/mol. The number of hydrogen-bond acceptors (Lipinski definition) is 1. The van der Waals surface area contributed by atoms with Gasteiger partial charge >= 0.3 is 0 Å². The summed E-state index contributed by atoms with van der Waals surface area (Å²) >= 11 is 12.5. The van der Waals surface area contributed by atoms with E-state index in [4.69, 9.17) is 28.9 Å². The van der Waals surface area contributed by atoms with Gasteiger partial charge in [0.25, 0.3) is 0 Å². The fourth-order valence-electron chi connectivity index (χ4n) is 3.05. The molecule has 0 heterocycles. The molecule has 3 unspecified atom stereocenters. The lowest BCUT2D eigenvalue weighted by atomic mass is 9.68. The van der Waals surface area contributed by atoms with Crippen molar-refractivity contribution in [3.8, 4) is 0 Å². The fourth-order valence-corrected chi connectivity index (χ4v) is 3.58. The van der Waals surface area contributed by atoms with Crippen molar-refractivity contribution in [3.63, 3.8) is 0 Å². The quantitative estimate of drug-likeness (QED) is 0.838. The zero-order valence-electron chi connectivity index (χ0n) is 11.0. The van der Waals surface area contributed by atoms with E-state index < -0.39 is 0 Å².